The van der Waals surface area contributed by atoms with E-state index in [1.165, 1.54) is 4.68 Å². The number of aromatic nitrogens is 2. The van der Waals surface area contributed by atoms with E-state index in [4.69, 9.17) is 11.6 Å². The third-order valence-corrected chi connectivity index (χ3v) is 4.30. The number of carbonyl (C=O) groups is 2. The second-order valence-corrected chi connectivity index (χ2v) is 6.25. The Bertz CT molecular complexity index is 954. The van der Waals surface area contributed by atoms with Crippen molar-refractivity contribution < 1.29 is 9.59 Å². The Morgan fingerprint density at radius 2 is 1.78 bits per heavy atom. The molecule has 2 N–H and O–H groups in total. The highest BCUT2D eigenvalue weighted by molar-refractivity contribution is 6.31. The second kappa shape index (κ2) is 8.51. The molecular weight excluding hydrogens is 364 g/mol. The molecule has 7 heteroatoms. The molecule has 138 valence electrons. The van der Waals surface area contributed by atoms with Gasteiger partial charge < -0.3 is 10.6 Å². The standard InChI is InChI=1S/C20H19ClN4O2/c1-2-19(26)23-18-12-17(24-25(18)15-9-4-3-5-10-15)20(27)22-13-14-8-6-7-11-16(14)21/h3-12H,2,13H2,1H3,(H,22,27)(H,23,26). The summed E-state index contributed by atoms with van der Waals surface area (Å²) < 4.78 is 1.54. The zero-order valence-corrected chi connectivity index (χ0v) is 15.5. The lowest BCUT2D eigenvalue weighted by atomic mass is 10.2. The first-order valence-corrected chi connectivity index (χ1v) is 8.93. The zero-order valence-electron chi connectivity index (χ0n) is 14.8. The number of hydrogen-bond acceptors (Lipinski definition) is 3. The van der Waals surface area contributed by atoms with E-state index in [1.807, 2.05) is 48.5 Å². The number of benzene rings is 2. The molecule has 0 saturated carbocycles. The molecule has 3 aromatic rings. The fourth-order valence-electron chi connectivity index (χ4n) is 2.49. The quantitative estimate of drug-likeness (QED) is 0.680. The molecule has 2 aromatic carbocycles. The van der Waals surface area contributed by atoms with Crippen LogP contribution in [0.25, 0.3) is 5.69 Å². The maximum atomic E-state index is 12.5. The molecule has 0 bridgehead atoms. The number of rotatable bonds is 6. The van der Waals surface area contributed by atoms with Crippen LogP contribution in [0.5, 0.6) is 0 Å². The highest BCUT2D eigenvalue weighted by Crippen LogP contribution is 2.18. The van der Waals surface area contributed by atoms with Crippen LogP contribution in [0, 0.1) is 0 Å². The van der Waals surface area contributed by atoms with Crippen molar-refractivity contribution >= 4 is 29.2 Å². The number of anilines is 1. The summed E-state index contributed by atoms with van der Waals surface area (Å²) in [6.45, 7) is 2.04. The fourth-order valence-corrected chi connectivity index (χ4v) is 2.69. The van der Waals surface area contributed by atoms with E-state index in [1.54, 1.807) is 19.1 Å². The first kappa shape index (κ1) is 18.7. The van der Waals surface area contributed by atoms with E-state index in [2.05, 4.69) is 15.7 Å². The van der Waals surface area contributed by atoms with Crippen LogP contribution in [-0.2, 0) is 11.3 Å². The van der Waals surface area contributed by atoms with Gasteiger partial charge >= 0.3 is 0 Å². The smallest absolute Gasteiger partial charge is 0.272 e. The fraction of sp³-hybridized carbons (Fsp3) is 0.150. The van der Waals surface area contributed by atoms with Gasteiger partial charge in [-0.3, -0.25) is 9.59 Å². The zero-order chi connectivity index (χ0) is 19.2. The molecule has 0 saturated heterocycles. The molecule has 6 nitrogen and oxygen atoms in total. The lowest BCUT2D eigenvalue weighted by Gasteiger charge is -2.07. The van der Waals surface area contributed by atoms with E-state index in [0.29, 0.717) is 17.3 Å². The van der Waals surface area contributed by atoms with Gasteiger partial charge in [-0.05, 0) is 23.8 Å². The lowest BCUT2D eigenvalue weighted by Crippen LogP contribution is -2.23. The van der Waals surface area contributed by atoms with E-state index < -0.39 is 0 Å². The maximum absolute atomic E-state index is 12.5. The maximum Gasteiger partial charge on any atom is 0.272 e. The molecule has 0 aliphatic rings. The Balaban J connectivity index is 1.83. The summed E-state index contributed by atoms with van der Waals surface area (Å²) in [5, 5.41) is 10.5. The van der Waals surface area contributed by atoms with Crippen molar-refractivity contribution in [3.63, 3.8) is 0 Å². The molecule has 1 aromatic heterocycles. The van der Waals surface area contributed by atoms with Crippen molar-refractivity contribution in [1.29, 1.82) is 0 Å². The molecule has 0 unspecified atom stereocenters. The molecule has 0 spiro atoms. The summed E-state index contributed by atoms with van der Waals surface area (Å²) in [6.07, 6.45) is 0.327. The van der Waals surface area contributed by atoms with Crippen LogP contribution in [0.15, 0.2) is 60.7 Å². The van der Waals surface area contributed by atoms with Crippen molar-refractivity contribution in [3.05, 3.63) is 76.9 Å². The Hall–Kier alpha value is -3.12. The molecule has 0 aliphatic carbocycles. The van der Waals surface area contributed by atoms with E-state index in [9.17, 15) is 9.59 Å². The predicted molar refractivity (Wildman–Crippen MR) is 105 cm³/mol. The topological polar surface area (TPSA) is 76.0 Å². The van der Waals surface area contributed by atoms with E-state index in [-0.39, 0.29) is 24.1 Å². The summed E-state index contributed by atoms with van der Waals surface area (Å²) in [5.74, 6) is -0.0670. The van der Waals surface area contributed by atoms with Crippen LogP contribution in [-0.4, -0.2) is 21.6 Å². The highest BCUT2D eigenvalue weighted by Gasteiger charge is 2.17. The van der Waals surface area contributed by atoms with Crippen molar-refractivity contribution in [1.82, 2.24) is 15.1 Å². The van der Waals surface area contributed by atoms with Gasteiger partial charge in [-0.2, -0.15) is 5.10 Å². The van der Waals surface area contributed by atoms with Gasteiger partial charge in [0, 0.05) is 24.1 Å². The van der Waals surface area contributed by atoms with Crippen molar-refractivity contribution in [3.8, 4) is 5.69 Å². The van der Waals surface area contributed by atoms with Gasteiger partial charge in [-0.1, -0.05) is 54.9 Å². The number of hydrogen-bond donors (Lipinski definition) is 2. The Morgan fingerprint density at radius 1 is 1.07 bits per heavy atom. The van der Waals surface area contributed by atoms with Crippen LogP contribution in [0.1, 0.15) is 29.4 Å². The Kier molecular flexibility index (Phi) is 5.88. The summed E-state index contributed by atoms with van der Waals surface area (Å²) >= 11 is 6.12. The minimum atomic E-state index is -0.350. The van der Waals surface area contributed by atoms with Crippen molar-refractivity contribution in [2.24, 2.45) is 0 Å². The number of para-hydroxylation sites is 1. The first-order chi connectivity index (χ1) is 13.1. The third kappa shape index (κ3) is 4.54. The largest absolute Gasteiger partial charge is 0.347 e. The number of nitrogens with zero attached hydrogens (tertiary/aromatic N) is 2. The molecule has 2 amide bonds. The second-order valence-electron chi connectivity index (χ2n) is 5.84. The van der Waals surface area contributed by atoms with Crippen molar-refractivity contribution in [2.75, 3.05) is 5.32 Å². The monoisotopic (exact) mass is 382 g/mol. The molecule has 0 aliphatic heterocycles. The van der Waals surface area contributed by atoms with Gasteiger partial charge in [0.15, 0.2) is 5.69 Å². The van der Waals surface area contributed by atoms with Gasteiger partial charge in [0.25, 0.3) is 5.91 Å². The summed E-state index contributed by atoms with van der Waals surface area (Å²) in [7, 11) is 0. The number of amides is 2. The molecular formula is C20H19ClN4O2. The minimum absolute atomic E-state index is 0.157. The van der Waals surface area contributed by atoms with Gasteiger partial charge in [0.2, 0.25) is 5.91 Å². The third-order valence-electron chi connectivity index (χ3n) is 3.93. The molecule has 0 atom stereocenters. The Morgan fingerprint density at radius 3 is 2.48 bits per heavy atom. The lowest BCUT2D eigenvalue weighted by molar-refractivity contribution is -0.115. The average molecular weight is 383 g/mol. The number of nitrogens with one attached hydrogen (secondary N) is 2. The summed E-state index contributed by atoms with van der Waals surface area (Å²) in [4.78, 5) is 24.4. The van der Waals surface area contributed by atoms with E-state index in [0.717, 1.165) is 11.3 Å². The van der Waals surface area contributed by atoms with Gasteiger partial charge in [-0.25, -0.2) is 4.68 Å². The molecule has 3 rings (SSSR count). The van der Waals surface area contributed by atoms with Crippen LogP contribution < -0.4 is 10.6 Å². The van der Waals surface area contributed by atoms with E-state index >= 15 is 0 Å². The normalized spacial score (nSPS) is 10.4. The first-order valence-electron chi connectivity index (χ1n) is 8.55. The van der Waals surface area contributed by atoms with Crippen LogP contribution >= 0.6 is 11.6 Å². The van der Waals surface area contributed by atoms with Gasteiger partial charge in [0.1, 0.15) is 5.82 Å². The van der Waals surface area contributed by atoms with Crippen LogP contribution in [0.4, 0.5) is 5.82 Å². The van der Waals surface area contributed by atoms with Crippen molar-refractivity contribution in [2.45, 2.75) is 19.9 Å². The molecule has 0 fully saturated rings. The SMILES string of the molecule is CCC(=O)Nc1cc(C(=O)NCc2ccccc2Cl)nn1-c1ccccc1. The summed E-state index contributed by atoms with van der Waals surface area (Å²) in [6, 6.07) is 18.2. The predicted octanol–water partition coefficient (Wildman–Crippen LogP) is 3.80. The Labute approximate surface area is 162 Å². The molecule has 27 heavy (non-hydrogen) atoms. The van der Waals surface area contributed by atoms with Crippen LogP contribution in [0.2, 0.25) is 5.02 Å². The van der Waals surface area contributed by atoms with Gasteiger partial charge in [-0.15, -0.1) is 0 Å². The number of carbonyl (C=O) groups excluding carboxylic acids is 2. The van der Waals surface area contributed by atoms with Crippen LogP contribution in [0.3, 0.4) is 0 Å². The van der Waals surface area contributed by atoms with Gasteiger partial charge in [0.05, 0.1) is 5.69 Å². The number of halogens is 1. The highest BCUT2D eigenvalue weighted by atomic mass is 35.5. The molecule has 1 heterocycles. The molecule has 0 radical (unpaired) electrons. The minimum Gasteiger partial charge on any atom is -0.347 e. The summed E-state index contributed by atoms with van der Waals surface area (Å²) in [5.41, 5.74) is 1.76. The average Bonchev–Trinajstić information content (AvgIpc) is 3.11.